The van der Waals surface area contributed by atoms with Crippen molar-refractivity contribution in [3.63, 3.8) is 0 Å². The molecule has 2 aromatic carbocycles. The minimum absolute atomic E-state index is 0.0175. The first-order valence-electron chi connectivity index (χ1n) is 19.0. The van der Waals surface area contributed by atoms with Crippen molar-refractivity contribution in [1.29, 1.82) is 0 Å². The molecule has 4 heterocycles. The number of ether oxygens (including phenoxy) is 2. The highest BCUT2D eigenvalue weighted by Gasteiger charge is 2.52. The molecular weight excluding hydrogens is 656 g/mol. The summed E-state index contributed by atoms with van der Waals surface area (Å²) in [6.07, 6.45) is 9.63. The maximum Gasteiger partial charge on any atom is 0.437 e. The van der Waals surface area contributed by atoms with E-state index in [1.54, 1.807) is 0 Å². The molecule has 2 aliphatic carbocycles. The van der Waals surface area contributed by atoms with E-state index in [-0.39, 0.29) is 18.2 Å². The van der Waals surface area contributed by atoms with Gasteiger partial charge in [0.15, 0.2) is 0 Å². The zero-order valence-electron chi connectivity index (χ0n) is 30.0. The molecule has 52 heavy (non-hydrogen) atoms. The number of aromatic nitrogens is 4. The summed E-state index contributed by atoms with van der Waals surface area (Å²) >= 11 is 0. The van der Waals surface area contributed by atoms with Gasteiger partial charge in [0.2, 0.25) is 11.8 Å². The van der Waals surface area contributed by atoms with Crippen LogP contribution >= 0.6 is 0 Å². The van der Waals surface area contributed by atoms with E-state index in [1.165, 1.54) is 9.36 Å². The van der Waals surface area contributed by atoms with E-state index < -0.39 is 11.5 Å². The third-order valence-corrected chi connectivity index (χ3v) is 11.1. The second-order valence-corrected chi connectivity index (χ2v) is 15.0. The second-order valence-electron chi connectivity index (χ2n) is 15.0. The molecule has 0 spiro atoms. The van der Waals surface area contributed by atoms with Crippen LogP contribution in [0.15, 0.2) is 60.9 Å². The largest absolute Gasteiger partial charge is 0.437 e. The van der Waals surface area contributed by atoms with Crippen molar-refractivity contribution < 1.29 is 18.3 Å². The zero-order chi connectivity index (χ0) is 35.6. The van der Waals surface area contributed by atoms with Crippen LogP contribution in [0.4, 0.5) is 0 Å². The molecule has 0 amide bonds. The summed E-state index contributed by atoms with van der Waals surface area (Å²) in [5, 5.41) is 8.94. The van der Waals surface area contributed by atoms with Crippen LogP contribution in [-0.2, 0) is 28.9 Å². The highest BCUT2D eigenvalue weighted by molar-refractivity contribution is 5.43. The summed E-state index contributed by atoms with van der Waals surface area (Å²) in [4.78, 5) is 25.0. The Bertz CT molecular complexity index is 2120. The predicted molar refractivity (Wildman–Crippen MR) is 194 cm³/mol. The van der Waals surface area contributed by atoms with Crippen LogP contribution in [0, 0.1) is 54.3 Å². The number of nitrogens with zero attached hydrogens (tertiary/aromatic N) is 4. The van der Waals surface area contributed by atoms with Gasteiger partial charge in [0, 0.05) is 36.2 Å². The molecule has 4 aromatic rings. The molecule has 7 unspecified atom stereocenters. The molecule has 2 aromatic heterocycles. The van der Waals surface area contributed by atoms with Crippen molar-refractivity contribution >= 4 is 0 Å². The van der Waals surface area contributed by atoms with Gasteiger partial charge in [-0.3, -0.25) is 0 Å². The van der Waals surface area contributed by atoms with Gasteiger partial charge in [-0.25, -0.2) is 9.59 Å². The smallest absolute Gasteiger partial charge is 0.392 e. The Morgan fingerprint density at radius 2 is 1.44 bits per heavy atom. The summed E-state index contributed by atoms with van der Waals surface area (Å²) in [7, 11) is 0. The van der Waals surface area contributed by atoms with E-state index >= 15 is 0 Å². The van der Waals surface area contributed by atoms with Gasteiger partial charge in [0.25, 0.3) is 0 Å². The third kappa shape index (κ3) is 8.20. The fourth-order valence-electron chi connectivity index (χ4n) is 7.65. The first kappa shape index (κ1) is 34.4. The Hall–Kier alpha value is -4.64. The minimum Gasteiger partial charge on any atom is -0.392 e. The molecule has 10 heteroatoms. The normalized spacial score (nSPS) is 25.7. The van der Waals surface area contributed by atoms with Crippen molar-refractivity contribution in [2.24, 2.45) is 23.7 Å². The van der Waals surface area contributed by atoms with Gasteiger partial charge in [0.1, 0.15) is 0 Å². The molecule has 4 aliphatic rings. The lowest BCUT2D eigenvalue weighted by Gasteiger charge is -2.21. The van der Waals surface area contributed by atoms with Gasteiger partial charge >= 0.3 is 11.5 Å². The Balaban J connectivity index is 0.826. The maximum atomic E-state index is 12.6. The SMILES string of the molecule is Cc1ccc(C#CC2CC2C2CC2C#Cc2ccc(C(C)n3nc(CC4CCCCO4)oc3=O)cc2)cc1Cc1nn(CC2CCCCO2)c(=O)o1. The van der Waals surface area contributed by atoms with E-state index in [0.717, 1.165) is 92.4 Å². The Morgan fingerprint density at radius 1 is 0.788 bits per heavy atom. The number of aryl methyl sites for hydroxylation is 1. The van der Waals surface area contributed by atoms with Gasteiger partial charge in [-0.05, 0) is 118 Å². The van der Waals surface area contributed by atoms with Crippen molar-refractivity contribution in [3.05, 3.63) is 103 Å². The summed E-state index contributed by atoms with van der Waals surface area (Å²) in [5.74, 6) is 15.8. The van der Waals surface area contributed by atoms with Crippen LogP contribution in [0.25, 0.3) is 0 Å². The maximum absolute atomic E-state index is 12.6. The first-order chi connectivity index (χ1) is 25.4. The number of hydrogen-bond donors (Lipinski definition) is 0. The Labute approximate surface area is 303 Å². The molecule has 8 rings (SSSR count). The average Bonchev–Trinajstić information content (AvgIpc) is 4.05. The summed E-state index contributed by atoms with van der Waals surface area (Å²) in [6.45, 7) is 5.94. The van der Waals surface area contributed by atoms with Crippen LogP contribution in [-0.4, -0.2) is 45.0 Å². The van der Waals surface area contributed by atoms with Gasteiger partial charge in [0.05, 0.1) is 37.6 Å². The monoisotopic (exact) mass is 702 g/mol. The fourth-order valence-corrected chi connectivity index (χ4v) is 7.65. The van der Waals surface area contributed by atoms with Crippen molar-refractivity contribution in [2.45, 2.75) is 103 Å². The Morgan fingerprint density at radius 3 is 2.13 bits per heavy atom. The van der Waals surface area contributed by atoms with Crippen LogP contribution in [0.5, 0.6) is 0 Å². The van der Waals surface area contributed by atoms with Crippen LogP contribution < -0.4 is 11.5 Å². The fraction of sp³-hybridized carbons (Fsp3) is 0.524. The average molecular weight is 703 g/mol. The number of hydrogen-bond acceptors (Lipinski definition) is 8. The highest BCUT2D eigenvalue weighted by Crippen LogP contribution is 2.57. The van der Waals surface area contributed by atoms with Crippen LogP contribution in [0.1, 0.15) is 104 Å². The first-order valence-corrected chi connectivity index (χ1v) is 19.0. The van der Waals surface area contributed by atoms with E-state index in [0.29, 0.717) is 54.8 Å². The van der Waals surface area contributed by atoms with E-state index in [4.69, 9.17) is 18.3 Å². The molecule has 10 nitrogen and oxygen atoms in total. The van der Waals surface area contributed by atoms with Crippen molar-refractivity contribution in [2.75, 3.05) is 13.2 Å². The van der Waals surface area contributed by atoms with Crippen LogP contribution in [0.2, 0.25) is 0 Å². The second kappa shape index (κ2) is 15.1. The van der Waals surface area contributed by atoms with Gasteiger partial charge in [-0.1, -0.05) is 41.9 Å². The molecule has 270 valence electrons. The van der Waals surface area contributed by atoms with Gasteiger partial charge in [-0.15, -0.1) is 10.2 Å². The summed E-state index contributed by atoms with van der Waals surface area (Å²) in [5.41, 5.74) is 5.09. The molecule has 0 radical (unpaired) electrons. The number of rotatable bonds is 9. The lowest BCUT2D eigenvalue weighted by Crippen LogP contribution is -2.29. The van der Waals surface area contributed by atoms with E-state index in [2.05, 4.69) is 59.0 Å². The standard InChI is InChI=1S/C42H46N4O6/c1-27-9-10-30(21-34(27)24-39-43-45(41(47)51-39)26-36-8-4-6-20-50-36)14-18-33-23-38(33)37-22-32(37)17-13-29-11-15-31(16-12-29)28(2)46-42(48)52-40(44-46)25-35-7-3-5-19-49-35/h9-12,15-16,21,28,32-33,35-38H,3-8,19-20,22-26H2,1-2H3. The molecule has 2 saturated carbocycles. The lowest BCUT2D eigenvalue weighted by molar-refractivity contribution is 0.00293. The van der Waals surface area contributed by atoms with E-state index in [1.807, 2.05) is 31.2 Å². The topological polar surface area (TPSA) is 115 Å². The van der Waals surface area contributed by atoms with Gasteiger partial charge in [-0.2, -0.15) is 9.36 Å². The van der Waals surface area contributed by atoms with Gasteiger partial charge < -0.3 is 18.3 Å². The zero-order valence-corrected chi connectivity index (χ0v) is 30.0. The molecule has 2 aliphatic heterocycles. The number of benzene rings is 2. The summed E-state index contributed by atoms with van der Waals surface area (Å²) < 4.78 is 25.3. The minimum atomic E-state index is -0.440. The molecule has 0 bridgehead atoms. The molecular formula is C42H46N4O6. The Kier molecular flexibility index (Phi) is 10.0. The van der Waals surface area contributed by atoms with Crippen LogP contribution in [0.3, 0.4) is 0 Å². The van der Waals surface area contributed by atoms with E-state index in [9.17, 15) is 9.59 Å². The molecule has 0 N–H and O–H groups in total. The summed E-state index contributed by atoms with van der Waals surface area (Å²) in [6, 6.07) is 14.1. The third-order valence-electron chi connectivity index (χ3n) is 11.1. The highest BCUT2D eigenvalue weighted by atomic mass is 16.5. The quantitative estimate of drug-likeness (QED) is 0.200. The molecule has 2 saturated heterocycles. The lowest BCUT2D eigenvalue weighted by atomic mass is 10.0. The van der Waals surface area contributed by atoms with Crippen molar-refractivity contribution in [1.82, 2.24) is 19.6 Å². The van der Waals surface area contributed by atoms with Crippen molar-refractivity contribution in [3.8, 4) is 23.7 Å². The molecule has 4 fully saturated rings. The predicted octanol–water partition coefficient (Wildman–Crippen LogP) is 5.85. The molecule has 7 atom stereocenters.